The Morgan fingerprint density at radius 3 is 3.00 bits per heavy atom. The molecule has 96 valence electrons. The minimum absolute atomic E-state index is 0.186. The van der Waals surface area contributed by atoms with Crippen molar-refractivity contribution >= 4 is 27.3 Å². The van der Waals surface area contributed by atoms with Crippen LogP contribution in [0.5, 0.6) is 0 Å². The molecule has 1 unspecified atom stereocenters. The standard InChI is InChI=1S/C13H14BrFN2S/c1-2-6-16-13(11-7-18-8-17-11)9-4-3-5-10(14)12(9)15/h3-5,7-8,13,16H,2,6H2,1H3. The molecule has 1 N–H and O–H groups in total. The number of hydrogen-bond donors (Lipinski definition) is 1. The van der Waals surface area contributed by atoms with Crippen LogP contribution >= 0.6 is 27.3 Å². The van der Waals surface area contributed by atoms with Crippen molar-refractivity contribution in [2.24, 2.45) is 0 Å². The minimum Gasteiger partial charge on any atom is -0.305 e. The maximum atomic E-state index is 14.2. The van der Waals surface area contributed by atoms with Crippen LogP contribution in [0.3, 0.4) is 0 Å². The van der Waals surface area contributed by atoms with Crippen molar-refractivity contribution < 1.29 is 4.39 Å². The van der Waals surface area contributed by atoms with E-state index in [1.54, 1.807) is 17.6 Å². The van der Waals surface area contributed by atoms with E-state index in [0.717, 1.165) is 18.7 Å². The summed E-state index contributed by atoms with van der Waals surface area (Å²) in [6, 6.07) is 5.16. The molecule has 0 aliphatic heterocycles. The van der Waals surface area contributed by atoms with Gasteiger partial charge in [0.15, 0.2) is 0 Å². The number of aromatic nitrogens is 1. The van der Waals surface area contributed by atoms with Gasteiger partial charge in [-0.3, -0.25) is 0 Å². The normalized spacial score (nSPS) is 12.6. The Bertz CT molecular complexity index is 502. The van der Waals surface area contributed by atoms with E-state index in [0.29, 0.717) is 10.0 Å². The Hall–Kier alpha value is -0.780. The van der Waals surface area contributed by atoms with Crippen molar-refractivity contribution in [1.82, 2.24) is 10.3 Å². The first-order valence-electron chi connectivity index (χ1n) is 5.79. The SMILES string of the molecule is CCCNC(c1cscn1)c1cccc(Br)c1F. The van der Waals surface area contributed by atoms with Gasteiger partial charge in [-0.05, 0) is 35.0 Å². The summed E-state index contributed by atoms with van der Waals surface area (Å²) in [5, 5.41) is 5.29. The molecule has 2 rings (SSSR count). The van der Waals surface area contributed by atoms with Crippen LogP contribution in [0, 0.1) is 5.82 Å². The summed E-state index contributed by atoms with van der Waals surface area (Å²) < 4.78 is 14.6. The van der Waals surface area contributed by atoms with E-state index < -0.39 is 0 Å². The van der Waals surface area contributed by atoms with Gasteiger partial charge >= 0.3 is 0 Å². The number of halogens is 2. The molecule has 5 heteroatoms. The Balaban J connectivity index is 2.37. The number of hydrogen-bond acceptors (Lipinski definition) is 3. The van der Waals surface area contributed by atoms with Crippen LogP contribution < -0.4 is 5.32 Å². The van der Waals surface area contributed by atoms with Crippen LogP contribution in [0.25, 0.3) is 0 Å². The largest absolute Gasteiger partial charge is 0.305 e. The number of thiazole rings is 1. The molecule has 1 heterocycles. The zero-order valence-electron chi connectivity index (χ0n) is 9.99. The van der Waals surface area contributed by atoms with Crippen molar-refractivity contribution in [3.8, 4) is 0 Å². The molecule has 1 aromatic carbocycles. The number of nitrogens with zero attached hydrogens (tertiary/aromatic N) is 1. The van der Waals surface area contributed by atoms with Crippen molar-refractivity contribution in [2.45, 2.75) is 19.4 Å². The first-order valence-corrected chi connectivity index (χ1v) is 7.53. The first kappa shape index (κ1) is 13.6. The van der Waals surface area contributed by atoms with Crippen molar-refractivity contribution in [2.75, 3.05) is 6.54 Å². The summed E-state index contributed by atoms with van der Waals surface area (Å²) in [7, 11) is 0. The summed E-state index contributed by atoms with van der Waals surface area (Å²) >= 11 is 4.75. The van der Waals surface area contributed by atoms with Crippen LogP contribution in [0.2, 0.25) is 0 Å². The fourth-order valence-electron chi connectivity index (χ4n) is 1.77. The second-order valence-electron chi connectivity index (χ2n) is 3.94. The van der Waals surface area contributed by atoms with Gasteiger partial charge in [-0.15, -0.1) is 11.3 Å². The van der Waals surface area contributed by atoms with Gasteiger partial charge in [-0.2, -0.15) is 0 Å². The highest BCUT2D eigenvalue weighted by molar-refractivity contribution is 9.10. The summed E-state index contributed by atoms with van der Waals surface area (Å²) in [5.74, 6) is -0.223. The molecule has 0 saturated heterocycles. The quantitative estimate of drug-likeness (QED) is 0.892. The average molecular weight is 329 g/mol. The van der Waals surface area contributed by atoms with Gasteiger partial charge in [0.2, 0.25) is 0 Å². The predicted molar refractivity (Wildman–Crippen MR) is 76.4 cm³/mol. The fraction of sp³-hybridized carbons (Fsp3) is 0.308. The lowest BCUT2D eigenvalue weighted by atomic mass is 10.0. The molecule has 0 spiro atoms. The second kappa shape index (κ2) is 6.41. The van der Waals surface area contributed by atoms with Crippen LogP contribution in [0.1, 0.15) is 30.6 Å². The fourth-order valence-corrected chi connectivity index (χ4v) is 2.73. The van der Waals surface area contributed by atoms with Gasteiger partial charge in [0.25, 0.3) is 0 Å². The van der Waals surface area contributed by atoms with E-state index in [2.05, 4.69) is 33.2 Å². The molecule has 0 amide bonds. The smallest absolute Gasteiger partial charge is 0.142 e. The lowest BCUT2D eigenvalue weighted by molar-refractivity contribution is 0.538. The zero-order chi connectivity index (χ0) is 13.0. The summed E-state index contributed by atoms with van der Waals surface area (Å²) in [6.45, 7) is 2.91. The van der Waals surface area contributed by atoms with Crippen molar-refractivity contribution in [1.29, 1.82) is 0 Å². The van der Waals surface area contributed by atoms with Gasteiger partial charge in [0, 0.05) is 10.9 Å². The summed E-state index contributed by atoms with van der Waals surface area (Å²) in [6.07, 6.45) is 0.996. The molecule has 1 aromatic heterocycles. The molecule has 2 aromatic rings. The van der Waals surface area contributed by atoms with Gasteiger partial charge in [0.05, 0.1) is 21.7 Å². The highest BCUT2D eigenvalue weighted by Gasteiger charge is 2.20. The second-order valence-corrected chi connectivity index (χ2v) is 5.52. The molecule has 0 aliphatic rings. The molecular weight excluding hydrogens is 315 g/mol. The molecule has 2 nitrogen and oxygen atoms in total. The van der Waals surface area contributed by atoms with E-state index in [4.69, 9.17) is 0 Å². The van der Waals surface area contributed by atoms with E-state index in [1.165, 1.54) is 11.3 Å². The monoisotopic (exact) mass is 328 g/mol. The maximum Gasteiger partial charge on any atom is 0.142 e. The van der Waals surface area contributed by atoms with E-state index in [1.807, 2.05) is 11.4 Å². The molecular formula is C13H14BrFN2S. The van der Waals surface area contributed by atoms with Crippen LogP contribution in [-0.2, 0) is 0 Å². The highest BCUT2D eigenvalue weighted by atomic mass is 79.9. The van der Waals surface area contributed by atoms with Crippen molar-refractivity contribution in [3.63, 3.8) is 0 Å². The van der Waals surface area contributed by atoms with Gasteiger partial charge in [-0.1, -0.05) is 19.1 Å². The Morgan fingerprint density at radius 2 is 2.33 bits per heavy atom. The van der Waals surface area contributed by atoms with Gasteiger partial charge in [-0.25, -0.2) is 9.37 Å². The number of rotatable bonds is 5. The predicted octanol–water partition coefficient (Wildman–Crippen LogP) is 4.13. The Kier molecular flexibility index (Phi) is 4.86. The van der Waals surface area contributed by atoms with Gasteiger partial charge in [0.1, 0.15) is 5.82 Å². The Morgan fingerprint density at radius 1 is 1.50 bits per heavy atom. The molecule has 0 fully saturated rings. The minimum atomic E-state index is -0.223. The molecule has 18 heavy (non-hydrogen) atoms. The van der Waals surface area contributed by atoms with Crippen LogP contribution in [-0.4, -0.2) is 11.5 Å². The van der Waals surface area contributed by atoms with Crippen LogP contribution in [0.4, 0.5) is 4.39 Å². The first-order chi connectivity index (χ1) is 8.74. The van der Waals surface area contributed by atoms with E-state index >= 15 is 0 Å². The third-order valence-corrected chi connectivity index (χ3v) is 3.86. The molecule has 0 radical (unpaired) electrons. The van der Waals surface area contributed by atoms with E-state index in [9.17, 15) is 4.39 Å². The maximum absolute atomic E-state index is 14.2. The summed E-state index contributed by atoms with van der Waals surface area (Å²) in [4.78, 5) is 4.29. The Labute approximate surface area is 118 Å². The number of nitrogens with one attached hydrogen (secondary N) is 1. The highest BCUT2D eigenvalue weighted by Crippen LogP contribution is 2.28. The lowest BCUT2D eigenvalue weighted by Crippen LogP contribution is -2.24. The number of benzene rings is 1. The molecule has 0 aliphatic carbocycles. The molecule has 1 atom stereocenters. The lowest BCUT2D eigenvalue weighted by Gasteiger charge is -2.18. The zero-order valence-corrected chi connectivity index (χ0v) is 12.4. The third kappa shape index (κ3) is 2.96. The van der Waals surface area contributed by atoms with E-state index in [-0.39, 0.29) is 11.9 Å². The summed E-state index contributed by atoms with van der Waals surface area (Å²) in [5.41, 5.74) is 3.26. The van der Waals surface area contributed by atoms with Gasteiger partial charge < -0.3 is 5.32 Å². The topological polar surface area (TPSA) is 24.9 Å². The third-order valence-electron chi connectivity index (χ3n) is 2.64. The molecule has 0 bridgehead atoms. The molecule has 0 saturated carbocycles. The average Bonchev–Trinajstić information content (AvgIpc) is 2.88. The van der Waals surface area contributed by atoms with Crippen molar-refractivity contribution in [3.05, 3.63) is 50.6 Å². The van der Waals surface area contributed by atoms with Crippen LogP contribution in [0.15, 0.2) is 33.6 Å².